The second kappa shape index (κ2) is 8.12. The van der Waals surface area contributed by atoms with E-state index in [0.29, 0.717) is 11.4 Å². The van der Waals surface area contributed by atoms with E-state index in [-0.39, 0.29) is 22.7 Å². The van der Waals surface area contributed by atoms with E-state index in [0.717, 1.165) is 6.07 Å². The zero-order valence-electron chi connectivity index (χ0n) is 13.6. The number of nitrogen functional groups attached to an aromatic ring is 1. The van der Waals surface area contributed by atoms with Crippen LogP contribution in [0.1, 0.15) is 23.7 Å². The van der Waals surface area contributed by atoms with Crippen molar-refractivity contribution < 1.29 is 14.0 Å². The smallest absolute Gasteiger partial charge is 0.257 e. The minimum absolute atomic E-state index is 0.0470. The average molecular weight is 419 g/mol. The number of carbonyl (C=O) groups is 2. The number of rotatable bonds is 5. The molecule has 0 saturated heterocycles. The molecule has 26 heavy (non-hydrogen) atoms. The molecule has 2 aromatic carbocycles. The van der Waals surface area contributed by atoms with Crippen LogP contribution in [-0.2, 0) is 4.79 Å². The quantitative estimate of drug-likeness (QED) is 0.480. The van der Waals surface area contributed by atoms with E-state index < -0.39 is 22.0 Å². The van der Waals surface area contributed by atoms with Crippen molar-refractivity contribution in [2.75, 3.05) is 16.4 Å². The molecule has 138 valence electrons. The lowest BCUT2D eigenvalue weighted by Crippen LogP contribution is -2.21. The Morgan fingerprint density at radius 1 is 1.15 bits per heavy atom. The Kier molecular flexibility index (Phi) is 6.34. The van der Waals surface area contributed by atoms with Gasteiger partial charge in [-0.2, -0.15) is 0 Å². The molecule has 0 saturated carbocycles. The highest BCUT2D eigenvalue weighted by molar-refractivity contribution is 6.49. The Bertz CT molecular complexity index is 854. The summed E-state index contributed by atoms with van der Waals surface area (Å²) in [6.45, 7) is 1.48. The predicted molar refractivity (Wildman–Crippen MR) is 104 cm³/mol. The van der Waals surface area contributed by atoms with E-state index in [9.17, 15) is 14.0 Å². The lowest BCUT2D eigenvalue weighted by Gasteiger charge is -2.14. The Balaban J connectivity index is 2.19. The van der Waals surface area contributed by atoms with Crippen LogP contribution in [-0.4, -0.2) is 16.1 Å². The third-order valence-electron chi connectivity index (χ3n) is 3.20. The first kappa shape index (κ1) is 20.3. The summed E-state index contributed by atoms with van der Waals surface area (Å²) in [6.07, 6.45) is -0.144. The first-order valence-electron chi connectivity index (χ1n) is 7.39. The first-order chi connectivity index (χ1) is 12.0. The molecule has 0 atom stereocenters. The topological polar surface area (TPSA) is 84.2 Å². The summed E-state index contributed by atoms with van der Waals surface area (Å²) in [5, 5.41) is 5.09. The average Bonchev–Trinajstić information content (AvgIpc) is 2.51. The minimum atomic E-state index is -1.22. The lowest BCUT2D eigenvalue weighted by atomic mass is 10.1. The van der Waals surface area contributed by atoms with Crippen molar-refractivity contribution in [3.05, 3.63) is 52.8 Å². The number of amides is 2. The number of halogens is 4. The second-order valence-corrected chi connectivity index (χ2v) is 7.95. The van der Waals surface area contributed by atoms with Gasteiger partial charge in [-0.15, -0.1) is 23.2 Å². The van der Waals surface area contributed by atoms with Gasteiger partial charge in [0.15, 0.2) is 0 Å². The van der Waals surface area contributed by atoms with E-state index in [1.807, 2.05) is 0 Å². The van der Waals surface area contributed by atoms with Crippen molar-refractivity contribution in [1.82, 2.24) is 0 Å². The summed E-state index contributed by atoms with van der Waals surface area (Å²) in [7, 11) is 0. The summed E-state index contributed by atoms with van der Waals surface area (Å²) in [5.74, 6) is -1.74. The van der Waals surface area contributed by atoms with Crippen LogP contribution in [0.5, 0.6) is 0 Å². The lowest BCUT2D eigenvalue weighted by molar-refractivity contribution is -0.116. The van der Waals surface area contributed by atoms with Gasteiger partial charge in [-0.1, -0.05) is 11.6 Å². The highest BCUT2D eigenvalue weighted by atomic mass is 35.5. The third-order valence-corrected chi connectivity index (χ3v) is 3.80. The van der Waals surface area contributed by atoms with Crippen LogP contribution < -0.4 is 16.4 Å². The molecule has 5 nitrogen and oxygen atoms in total. The fourth-order valence-corrected chi connectivity index (χ4v) is 2.54. The van der Waals surface area contributed by atoms with Gasteiger partial charge in [-0.25, -0.2) is 4.39 Å². The van der Waals surface area contributed by atoms with Crippen LogP contribution in [0.3, 0.4) is 0 Å². The van der Waals surface area contributed by atoms with Crippen molar-refractivity contribution >= 4 is 63.7 Å². The second-order valence-electron chi connectivity index (χ2n) is 5.68. The Morgan fingerprint density at radius 3 is 2.50 bits per heavy atom. The molecular weight excluding hydrogens is 404 g/mol. The molecule has 2 aromatic rings. The molecule has 0 bridgehead atoms. The van der Waals surface area contributed by atoms with E-state index in [1.165, 1.54) is 37.3 Å². The molecular formula is C17H15Cl3FN3O2. The first-order valence-corrected chi connectivity index (χ1v) is 8.52. The van der Waals surface area contributed by atoms with Crippen molar-refractivity contribution in [2.45, 2.75) is 17.7 Å². The molecule has 0 unspecified atom stereocenters. The molecule has 0 radical (unpaired) electrons. The number of hydrogen-bond donors (Lipinski definition) is 3. The van der Waals surface area contributed by atoms with Crippen molar-refractivity contribution in [2.24, 2.45) is 0 Å². The fraction of sp³-hybridized carbons (Fsp3) is 0.176. The SMILES string of the molecule is CC(Cl)(Cl)CC(=O)Nc1ccc(Cl)c(C(=O)Nc2cc(N)ccc2F)c1. The molecule has 0 aromatic heterocycles. The van der Waals surface area contributed by atoms with Crippen LogP contribution in [0, 0.1) is 5.82 Å². The van der Waals surface area contributed by atoms with Crippen LogP contribution in [0.4, 0.5) is 21.5 Å². The molecule has 0 heterocycles. The van der Waals surface area contributed by atoms with Crippen molar-refractivity contribution in [3.8, 4) is 0 Å². The summed E-state index contributed by atoms with van der Waals surface area (Å²) in [4.78, 5) is 24.3. The van der Waals surface area contributed by atoms with Crippen LogP contribution >= 0.6 is 34.8 Å². The van der Waals surface area contributed by atoms with Crippen LogP contribution in [0.2, 0.25) is 5.02 Å². The number of carbonyl (C=O) groups excluding carboxylic acids is 2. The molecule has 9 heteroatoms. The number of hydrogen-bond acceptors (Lipinski definition) is 3. The Morgan fingerprint density at radius 2 is 1.85 bits per heavy atom. The normalized spacial score (nSPS) is 11.1. The molecule has 0 aliphatic heterocycles. The fourth-order valence-electron chi connectivity index (χ4n) is 2.09. The summed E-state index contributed by atoms with van der Waals surface area (Å²) in [6, 6.07) is 8.10. The van der Waals surface area contributed by atoms with Crippen molar-refractivity contribution in [1.29, 1.82) is 0 Å². The van der Waals surface area contributed by atoms with Gasteiger partial charge in [0.05, 0.1) is 22.7 Å². The maximum absolute atomic E-state index is 13.8. The number of alkyl halides is 2. The zero-order chi connectivity index (χ0) is 19.5. The van der Waals surface area contributed by atoms with Gasteiger partial charge < -0.3 is 16.4 Å². The van der Waals surface area contributed by atoms with E-state index >= 15 is 0 Å². The van der Waals surface area contributed by atoms with Gasteiger partial charge in [-0.3, -0.25) is 9.59 Å². The molecule has 2 rings (SSSR count). The van der Waals surface area contributed by atoms with Gasteiger partial charge in [0.25, 0.3) is 5.91 Å². The monoisotopic (exact) mass is 417 g/mol. The number of benzene rings is 2. The van der Waals surface area contributed by atoms with Gasteiger partial charge >= 0.3 is 0 Å². The highest BCUT2D eigenvalue weighted by Crippen LogP contribution is 2.26. The van der Waals surface area contributed by atoms with Gasteiger partial charge in [0.1, 0.15) is 10.2 Å². The summed E-state index contributed by atoms with van der Waals surface area (Å²) >= 11 is 17.6. The van der Waals surface area contributed by atoms with Crippen LogP contribution in [0.25, 0.3) is 0 Å². The largest absolute Gasteiger partial charge is 0.399 e. The van der Waals surface area contributed by atoms with E-state index in [4.69, 9.17) is 40.5 Å². The van der Waals surface area contributed by atoms with E-state index in [1.54, 1.807) is 0 Å². The molecule has 0 aliphatic carbocycles. The highest BCUT2D eigenvalue weighted by Gasteiger charge is 2.21. The molecule has 2 amide bonds. The minimum Gasteiger partial charge on any atom is -0.399 e. The summed E-state index contributed by atoms with van der Waals surface area (Å²) in [5.41, 5.74) is 6.16. The molecule has 0 aliphatic rings. The Labute approximate surface area is 164 Å². The molecule has 0 spiro atoms. The third kappa shape index (κ3) is 5.76. The molecule has 4 N–H and O–H groups in total. The number of nitrogens with two attached hydrogens (primary N) is 1. The van der Waals surface area contributed by atoms with Crippen molar-refractivity contribution in [3.63, 3.8) is 0 Å². The zero-order valence-corrected chi connectivity index (χ0v) is 15.8. The number of anilines is 3. The van der Waals surface area contributed by atoms with Gasteiger partial charge in [-0.05, 0) is 43.3 Å². The van der Waals surface area contributed by atoms with Gasteiger partial charge in [0, 0.05) is 11.4 Å². The Hall–Kier alpha value is -2.02. The number of nitrogens with one attached hydrogen (secondary N) is 2. The maximum atomic E-state index is 13.8. The maximum Gasteiger partial charge on any atom is 0.257 e. The standard InChI is InChI=1S/C17H15Cl3FN3O2/c1-17(19,20)8-15(25)23-10-3-4-12(18)11(7-10)16(26)24-14-6-9(22)2-5-13(14)21/h2-7H,8,22H2,1H3,(H,23,25)(H,24,26). The van der Waals surface area contributed by atoms with E-state index in [2.05, 4.69) is 10.6 Å². The molecule has 0 fully saturated rings. The van der Waals surface area contributed by atoms with Gasteiger partial charge in [0.2, 0.25) is 5.91 Å². The predicted octanol–water partition coefficient (Wildman–Crippen LogP) is 4.84. The summed E-state index contributed by atoms with van der Waals surface area (Å²) < 4.78 is 12.5. The van der Waals surface area contributed by atoms with Crippen LogP contribution in [0.15, 0.2) is 36.4 Å².